The van der Waals surface area contributed by atoms with Gasteiger partial charge in [0.1, 0.15) is 26.4 Å². The van der Waals surface area contributed by atoms with Gasteiger partial charge in [-0.25, -0.2) is 23.3 Å². The van der Waals surface area contributed by atoms with E-state index >= 15 is 0 Å². The first kappa shape index (κ1) is 44.2. The van der Waals surface area contributed by atoms with E-state index in [9.17, 15) is 38.2 Å². The normalized spacial score (nSPS) is 18.9. The predicted molar refractivity (Wildman–Crippen MR) is 215 cm³/mol. The van der Waals surface area contributed by atoms with E-state index in [2.05, 4.69) is 57.3 Å². The number of anilines is 2. The van der Waals surface area contributed by atoms with Gasteiger partial charge in [-0.05, 0) is 30.7 Å². The van der Waals surface area contributed by atoms with E-state index in [1.54, 1.807) is 11.3 Å². The van der Waals surface area contributed by atoms with Crippen LogP contribution in [0.15, 0.2) is 47.4 Å². The first-order valence-corrected chi connectivity index (χ1v) is 22.8. The summed E-state index contributed by atoms with van der Waals surface area (Å²) in [5, 5.41) is 14.5. The highest BCUT2D eigenvalue weighted by atomic mass is 32.1. The summed E-state index contributed by atoms with van der Waals surface area (Å²) in [6, 6.07) is 12.3. The molecule has 3 aliphatic rings. The molecule has 3 aromatic rings. The molecule has 1 amide bonds. The molecule has 2 aromatic heterocycles. The lowest BCUT2D eigenvalue weighted by Crippen LogP contribution is -2.26. The summed E-state index contributed by atoms with van der Waals surface area (Å²) < 4.78 is 56.8. The number of ether oxygens (including phenoxy) is 1. The van der Waals surface area contributed by atoms with Crippen molar-refractivity contribution in [1.29, 1.82) is 0 Å². The van der Waals surface area contributed by atoms with Crippen LogP contribution >= 0.6 is 34.8 Å². The molecule has 22 nitrogen and oxygen atoms in total. The summed E-state index contributed by atoms with van der Waals surface area (Å²) in [5.41, 5.74) is 8.17. The Hall–Kier alpha value is -4.36. The smallest absolute Gasteiger partial charge is 0.390 e. The minimum atomic E-state index is -5.76. The number of benzene rings is 2. The lowest BCUT2D eigenvalue weighted by molar-refractivity contribution is -0.120. The number of rotatable bonds is 14. The number of nitrogens with two attached hydrogens (primary N) is 1. The number of amides is 1. The third-order valence-corrected chi connectivity index (χ3v) is 13.7. The first-order valence-electron chi connectivity index (χ1n) is 17.5. The van der Waals surface area contributed by atoms with Gasteiger partial charge in [0.25, 0.3) is 5.56 Å². The Labute approximate surface area is 338 Å². The second kappa shape index (κ2) is 17.7. The predicted octanol–water partition coefficient (Wildman–Crippen LogP) is 1.43. The Morgan fingerprint density at radius 1 is 1.14 bits per heavy atom. The zero-order valence-electron chi connectivity index (χ0n) is 31.5. The van der Waals surface area contributed by atoms with Gasteiger partial charge in [-0.1, -0.05) is 11.8 Å². The Kier molecular flexibility index (Phi) is 13.3. The molecule has 4 heterocycles. The van der Waals surface area contributed by atoms with Crippen LogP contribution in [0.25, 0.3) is 31.8 Å². The van der Waals surface area contributed by atoms with Gasteiger partial charge in [-0.3, -0.25) is 19.1 Å². The number of nitrogens with zero attached hydrogens (tertiary/aromatic N) is 5. The van der Waals surface area contributed by atoms with Crippen molar-refractivity contribution in [1.82, 2.24) is 29.4 Å². The molecule has 2 unspecified atom stereocenters. The maximum Gasteiger partial charge on any atom is 0.490 e. The first-order chi connectivity index (χ1) is 27.7. The third kappa shape index (κ3) is 11.3. The zero-order chi connectivity index (χ0) is 42.9. The minimum absolute atomic E-state index is 0.0182. The second-order valence-electron chi connectivity index (χ2n) is 13.4. The van der Waals surface area contributed by atoms with Crippen molar-refractivity contribution in [3.63, 3.8) is 0 Å². The number of aromatic amines is 1. The number of phosphoric acid groups is 3. The maximum atomic E-state index is 12.9. The number of fused-ring (bicyclic) bond motifs is 3. The fourth-order valence-electron chi connectivity index (χ4n) is 6.09. The number of nitrogens with one attached hydrogen (secondary N) is 2. The van der Waals surface area contributed by atoms with Crippen molar-refractivity contribution in [2.24, 2.45) is 0 Å². The van der Waals surface area contributed by atoms with E-state index in [1.807, 2.05) is 50.0 Å². The number of hydrogen-bond acceptors (Lipinski definition) is 15. The van der Waals surface area contributed by atoms with Gasteiger partial charge in [0.05, 0.1) is 51.0 Å². The topological polar surface area (TPSA) is 314 Å². The minimum Gasteiger partial charge on any atom is -0.390 e. The van der Waals surface area contributed by atoms with Crippen molar-refractivity contribution in [2.45, 2.75) is 37.7 Å². The molecule has 26 heteroatoms. The van der Waals surface area contributed by atoms with Crippen molar-refractivity contribution in [2.75, 3.05) is 51.5 Å². The molecule has 316 valence electrons. The number of nitrogen functional groups attached to an aromatic ring is 1. The molecule has 6 rings (SSSR count). The van der Waals surface area contributed by atoms with Gasteiger partial charge >= 0.3 is 23.5 Å². The lowest BCUT2D eigenvalue weighted by atomic mass is 10.2. The van der Waals surface area contributed by atoms with Gasteiger partial charge < -0.3 is 49.9 Å². The van der Waals surface area contributed by atoms with Gasteiger partial charge in [-0.15, -0.1) is 11.3 Å². The fourth-order valence-corrected chi connectivity index (χ4v) is 10.2. The molecular formula is C33H40N8O14P3S+. The molecule has 1 fully saturated rings. The van der Waals surface area contributed by atoms with Crippen LogP contribution in [0, 0.1) is 11.8 Å². The number of aliphatic hydroxyl groups is 1. The highest BCUT2D eigenvalue weighted by Gasteiger charge is 2.43. The Balaban J connectivity index is 1.04. The molecule has 0 radical (unpaired) electrons. The van der Waals surface area contributed by atoms with Crippen LogP contribution < -0.4 is 31.4 Å². The van der Waals surface area contributed by atoms with Crippen LogP contribution in [0.2, 0.25) is 0 Å². The molecule has 2 aliphatic heterocycles. The Morgan fingerprint density at radius 2 is 1.90 bits per heavy atom. The van der Waals surface area contributed by atoms with Gasteiger partial charge in [0.15, 0.2) is 5.65 Å². The molecule has 59 heavy (non-hydrogen) atoms. The number of aromatic nitrogens is 4. The third-order valence-electron chi connectivity index (χ3n) is 8.83. The second-order valence-corrected chi connectivity index (χ2v) is 18.9. The molecule has 0 spiro atoms. The average molecular weight is 898 g/mol. The molecule has 9 N–H and O–H groups in total. The average Bonchev–Trinajstić information content (AvgIpc) is 3.69. The van der Waals surface area contributed by atoms with Crippen LogP contribution in [0.4, 0.5) is 11.6 Å². The quantitative estimate of drug-likeness (QED) is 0.0338. The number of hydrogen-bond donors (Lipinski definition) is 8. The van der Waals surface area contributed by atoms with Gasteiger partial charge in [-0.2, -0.15) is 13.6 Å². The number of carbonyl (C=O) groups excluding carboxylic acids is 1. The van der Waals surface area contributed by atoms with Crippen LogP contribution in [-0.4, -0.2) is 103 Å². The molecule has 0 bridgehead atoms. The monoisotopic (exact) mass is 897 g/mol. The van der Waals surface area contributed by atoms with Crippen molar-refractivity contribution in [3.8, 4) is 22.4 Å². The van der Waals surface area contributed by atoms with E-state index < -0.39 is 54.1 Å². The number of carbonyl (C=O) groups is 1. The van der Waals surface area contributed by atoms with Gasteiger partial charge in [0, 0.05) is 50.5 Å². The molecular weight excluding hydrogens is 857 g/mol. The van der Waals surface area contributed by atoms with E-state index in [4.69, 9.17) is 25.2 Å². The molecule has 0 saturated carbocycles. The summed E-state index contributed by atoms with van der Waals surface area (Å²) in [7, 11) is -10.9. The molecule has 1 aromatic carbocycles. The van der Waals surface area contributed by atoms with Crippen LogP contribution in [0.5, 0.6) is 0 Å². The summed E-state index contributed by atoms with van der Waals surface area (Å²) in [6.07, 6.45) is -1.75. The number of H-pyrrole nitrogens is 1. The molecule has 1 saturated heterocycles. The van der Waals surface area contributed by atoms with E-state index in [-0.39, 0.29) is 47.8 Å². The van der Waals surface area contributed by atoms with Crippen molar-refractivity contribution in [3.05, 3.63) is 63.9 Å². The molecule has 5 atom stereocenters. The maximum absolute atomic E-state index is 12.9. The number of aliphatic hydroxyl groups excluding tert-OH is 1. The largest absolute Gasteiger partial charge is 0.490 e. The standard InChI is InChI=1S/C33H39N8O14P3S/c1-39(2)20-8-10-22-26(14-20)59-27-15-21(9-11-23(27)36-22)40(3)13-5-7-28(43)35-12-4-6-19-17-41(31-30(19)32(44)38-33(34)37-31)29-16-24(42)25(53-29)18-52-57(48,49)55-58(50,51)54-56(45,46)47/h8-11,14-15,17,24-25,29,42H,5,7,12-13,16,18H2,1-3H3,(H7-,34,35,37,38,43,44,45,46,47,48,49,50,51)/p+1/t24-,25+,29+/m0/s1. The van der Waals surface area contributed by atoms with E-state index in [1.165, 1.54) is 10.8 Å². The number of phosphoric ester groups is 1. The summed E-state index contributed by atoms with van der Waals surface area (Å²) in [6.45, 7) is -0.348. The Bertz CT molecular complexity index is 2720. The molecule has 1 aliphatic carbocycles. The highest BCUT2D eigenvalue weighted by molar-refractivity contribution is 7.66. The van der Waals surface area contributed by atoms with Crippen LogP contribution in [0.3, 0.4) is 0 Å². The van der Waals surface area contributed by atoms with Gasteiger partial charge in [0.2, 0.25) is 17.2 Å². The highest BCUT2D eigenvalue weighted by Crippen LogP contribution is 2.66. The van der Waals surface area contributed by atoms with Crippen LogP contribution in [0.1, 0.15) is 31.1 Å². The summed E-state index contributed by atoms with van der Waals surface area (Å²) >= 11 is 1.67. The summed E-state index contributed by atoms with van der Waals surface area (Å²) in [4.78, 5) is 76.7. The lowest BCUT2D eigenvalue weighted by Gasteiger charge is -2.19. The van der Waals surface area contributed by atoms with E-state index in [0.717, 1.165) is 31.8 Å². The zero-order valence-corrected chi connectivity index (χ0v) is 35.0. The SMILES string of the molecule is CN(CCCC(=O)NCC#Cc1cn([C@H]2C[C@H](O)[C@@H](COP(=O)(O)OP(=O)(O)OP(=O)(O)O)O2)c2nc(N)[nH]c(=O)c12)c1ccc2nc3ccc(=[N+](C)C)cc-3sc2c1. The Morgan fingerprint density at radius 3 is 2.63 bits per heavy atom. The van der Waals surface area contributed by atoms with Crippen molar-refractivity contribution >= 4 is 73.6 Å². The van der Waals surface area contributed by atoms with E-state index in [0.29, 0.717) is 13.0 Å². The van der Waals surface area contributed by atoms with Crippen LogP contribution in [-0.2, 0) is 36.4 Å². The fraction of sp³-hybridized carbons (Fsp3) is 0.364. The van der Waals surface area contributed by atoms with Crippen molar-refractivity contribution < 1.29 is 61.1 Å². The summed E-state index contributed by atoms with van der Waals surface area (Å²) in [5.74, 6) is 5.17.